The lowest BCUT2D eigenvalue weighted by atomic mass is 9.89. The van der Waals surface area contributed by atoms with E-state index in [-0.39, 0.29) is 5.91 Å². The van der Waals surface area contributed by atoms with E-state index in [9.17, 15) is 10.1 Å². The van der Waals surface area contributed by atoms with Crippen molar-refractivity contribution >= 4 is 22.2 Å². The molecule has 1 fully saturated rings. The lowest BCUT2D eigenvalue weighted by molar-refractivity contribution is -0.118. The monoisotopic (exact) mass is 319 g/mol. The third-order valence-corrected chi connectivity index (χ3v) is 5.52. The van der Waals surface area contributed by atoms with Gasteiger partial charge in [0.15, 0.2) is 0 Å². The van der Waals surface area contributed by atoms with E-state index in [1.165, 1.54) is 4.88 Å². The number of hydrogen-bond donors (Lipinski definition) is 1. The van der Waals surface area contributed by atoms with Gasteiger partial charge in [-0.1, -0.05) is 6.92 Å². The lowest BCUT2D eigenvalue weighted by Crippen LogP contribution is -2.41. The fourth-order valence-electron chi connectivity index (χ4n) is 3.09. The van der Waals surface area contributed by atoms with Gasteiger partial charge in [0.05, 0.1) is 25.3 Å². The Morgan fingerprint density at radius 2 is 2.27 bits per heavy atom. The molecule has 2 aliphatic rings. The summed E-state index contributed by atoms with van der Waals surface area (Å²) in [5.41, 5.74) is 1.84. The molecule has 1 unspecified atom stereocenters. The molecule has 0 bridgehead atoms. The first-order valence-electron chi connectivity index (χ1n) is 7.82. The molecule has 1 amide bonds. The fraction of sp³-hybridized carbons (Fsp3) is 0.625. The summed E-state index contributed by atoms with van der Waals surface area (Å²) in [6, 6.07) is 2.29. The number of rotatable bonds is 3. The molecular weight excluding hydrogens is 298 g/mol. The lowest BCUT2D eigenvalue weighted by Gasteiger charge is -2.25. The molecule has 5 nitrogen and oxygen atoms in total. The first-order chi connectivity index (χ1) is 10.7. The van der Waals surface area contributed by atoms with Gasteiger partial charge in [-0.25, -0.2) is 0 Å². The molecule has 1 N–H and O–H groups in total. The molecule has 3 rings (SSSR count). The highest BCUT2D eigenvalue weighted by molar-refractivity contribution is 7.16. The molecule has 1 aliphatic heterocycles. The highest BCUT2D eigenvalue weighted by atomic mass is 32.1. The number of anilines is 1. The van der Waals surface area contributed by atoms with E-state index in [0.717, 1.165) is 42.9 Å². The highest BCUT2D eigenvalue weighted by Crippen LogP contribution is 2.39. The number of morpholine rings is 1. The van der Waals surface area contributed by atoms with Crippen molar-refractivity contribution < 1.29 is 9.53 Å². The zero-order valence-corrected chi connectivity index (χ0v) is 13.7. The molecule has 1 saturated heterocycles. The summed E-state index contributed by atoms with van der Waals surface area (Å²) in [7, 11) is 0. The van der Waals surface area contributed by atoms with Crippen LogP contribution in [0, 0.1) is 17.2 Å². The van der Waals surface area contributed by atoms with Crippen LogP contribution in [0.2, 0.25) is 0 Å². The summed E-state index contributed by atoms with van der Waals surface area (Å²) < 4.78 is 5.29. The number of carbonyl (C=O) groups excluding carboxylic acids is 1. The predicted molar refractivity (Wildman–Crippen MR) is 86.1 cm³/mol. The second-order valence-electron chi connectivity index (χ2n) is 6.10. The van der Waals surface area contributed by atoms with Crippen LogP contribution in [0.5, 0.6) is 0 Å². The molecular formula is C16H21N3O2S. The van der Waals surface area contributed by atoms with Crippen LogP contribution in [0.25, 0.3) is 0 Å². The first-order valence-corrected chi connectivity index (χ1v) is 8.63. The summed E-state index contributed by atoms with van der Waals surface area (Å²) >= 11 is 1.58. The van der Waals surface area contributed by atoms with Gasteiger partial charge in [0.25, 0.3) is 0 Å². The summed E-state index contributed by atoms with van der Waals surface area (Å²) in [6.07, 6.45) is 3.10. The number of nitrogens with zero attached hydrogens (tertiary/aromatic N) is 2. The van der Waals surface area contributed by atoms with Crippen LogP contribution in [0.4, 0.5) is 5.00 Å². The quantitative estimate of drug-likeness (QED) is 0.925. The van der Waals surface area contributed by atoms with Gasteiger partial charge in [0, 0.05) is 18.0 Å². The standard InChI is InChI=1S/C16H21N3O2S/c1-11-2-3-12-13(9-17)16(22-14(12)8-11)18-15(20)10-19-4-6-21-7-5-19/h11H,2-8,10H2,1H3,(H,18,20). The van der Waals surface area contributed by atoms with Gasteiger partial charge in [-0.3, -0.25) is 9.69 Å². The molecule has 1 atom stereocenters. The number of ether oxygens (including phenoxy) is 1. The van der Waals surface area contributed by atoms with Crippen LogP contribution in [0.1, 0.15) is 29.3 Å². The van der Waals surface area contributed by atoms with E-state index in [4.69, 9.17) is 4.74 Å². The molecule has 1 aromatic rings. The summed E-state index contributed by atoms with van der Waals surface area (Å²) in [4.78, 5) is 15.6. The fourth-order valence-corrected chi connectivity index (χ4v) is 4.46. The SMILES string of the molecule is CC1CCc2c(sc(NC(=O)CN3CCOCC3)c2C#N)C1. The topological polar surface area (TPSA) is 65.4 Å². The van der Waals surface area contributed by atoms with Gasteiger partial charge < -0.3 is 10.1 Å². The minimum Gasteiger partial charge on any atom is -0.379 e. The van der Waals surface area contributed by atoms with Crippen LogP contribution in [0.3, 0.4) is 0 Å². The van der Waals surface area contributed by atoms with E-state index in [1.54, 1.807) is 11.3 Å². The van der Waals surface area contributed by atoms with Gasteiger partial charge in [0.2, 0.25) is 5.91 Å². The van der Waals surface area contributed by atoms with E-state index >= 15 is 0 Å². The van der Waals surface area contributed by atoms with Crippen LogP contribution in [-0.4, -0.2) is 43.7 Å². The van der Waals surface area contributed by atoms with Crippen molar-refractivity contribution in [1.29, 1.82) is 5.26 Å². The Labute approximate surface area is 134 Å². The average Bonchev–Trinajstić information content (AvgIpc) is 2.84. The molecule has 118 valence electrons. The van der Waals surface area contributed by atoms with Crippen LogP contribution in [0.15, 0.2) is 0 Å². The predicted octanol–water partition coefficient (Wildman–Crippen LogP) is 2.02. The van der Waals surface area contributed by atoms with Crippen molar-refractivity contribution in [3.63, 3.8) is 0 Å². The largest absolute Gasteiger partial charge is 0.379 e. The van der Waals surface area contributed by atoms with Crippen molar-refractivity contribution in [2.45, 2.75) is 26.2 Å². The molecule has 0 spiro atoms. The Hall–Kier alpha value is -1.42. The van der Waals surface area contributed by atoms with Gasteiger partial charge in [-0.15, -0.1) is 11.3 Å². The van der Waals surface area contributed by atoms with E-state index < -0.39 is 0 Å². The zero-order valence-electron chi connectivity index (χ0n) is 12.9. The summed E-state index contributed by atoms with van der Waals surface area (Å²) in [5, 5.41) is 13.1. The zero-order chi connectivity index (χ0) is 15.5. The van der Waals surface area contributed by atoms with Gasteiger partial charge in [-0.2, -0.15) is 5.26 Å². The smallest absolute Gasteiger partial charge is 0.239 e. The maximum atomic E-state index is 12.2. The van der Waals surface area contributed by atoms with Crippen molar-refractivity contribution in [2.24, 2.45) is 5.92 Å². The average molecular weight is 319 g/mol. The number of nitriles is 1. The Morgan fingerprint density at radius 1 is 1.50 bits per heavy atom. The normalized spacial score (nSPS) is 21.9. The number of hydrogen-bond acceptors (Lipinski definition) is 5. The van der Waals surface area contributed by atoms with Crippen LogP contribution >= 0.6 is 11.3 Å². The van der Waals surface area contributed by atoms with E-state index in [2.05, 4.69) is 23.2 Å². The molecule has 0 radical (unpaired) electrons. The maximum absolute atomic E-state index is 12.2. The minimum atomic E-state index is -0.0370. The van der Waals surface area contributed by atoms with Crippen molar-refractivity contribution in [2.75, 3.05) is 38.2 Å². The number of amides is 1. The van der Waals surface area contributed by atoms with Gasteiger partial charge >= 0.3 is 0 Å². The third kappa shape index (κ3) is 3.32. The van der Waals surface area contributed by atoms with Crippen molar-refractivity contribution in [3.05, 3.63) is 16.0 Å². The molecule has 1 aromatic heterocycles. The number of fused-ring (bicyclic) bond motifs is 1. The van der Waals surface area contributed by atoms with Crippen LogP contribution in [-0.2, 0) is 22.4 Å². The number of thiophene rings is 1. The van der Waals surface area contributed by atoms with Crippen molar-refractivity contribution in [1.82, 2.24) is 4.90 Å². The number of carbonyl (C=O) groups is 1. The number of nitrogens with one attached hydrogen (secondary N) is 1. The van der Waals surface area contributed by atoms with E-state index in [0.29, 0.717) is 31.2 Å². The Bertz CT molecular complexity index is 599. The second-order valence-corrected chi connectivity index (χ2v) is 7.21. The molecule has 1 aliphatic carbocycles. The third-order valence-electron chi connectivity index (χ3n) is 4.35. The minimum absolute atomic E-state index is 0.0370. The van der Waals surface area contributed by atoms with E-state index in [1.807, 2.05) is 0 Å². The van der Waals surface area contributed by atoms with Crippen LogP contribution < -0.4 is 5.32 Å². The Balaban J connectivity index is 1.69. The summed E-state index contributed by atoms with van der Waals surface area (Å²) in [5.74, 6) is 0.625. The molecule has 0 saturated carbocycles. The first kappa shape index (κ1) is 15.5. The second kappa shape index (κ2) is 6.78. The highest BCUT2D eigenvalue weighted by Gasteiger charge is 2.25. The van der Waals surface area contributed by atoms with Gasteiger partial charge in [0.1, 0.15) is 11.1 Å². The molecule has 6 heteroatoms. The van der Waals surface area contributed by atoms with Crippen molar-refractivity contribution in [3.8, 4) is 6.07 Å². The molecule has 2 heterocycles. The molecule has 22 heavy (non-hydrogen) atoms. The van der Waals surface area contributed by atoms with Gasteiger partial charge in [-0.05, 0) is 30.7 Å². The Morgan fingerprint density at radius 3 is 3.00 bits per heavy atom. The summed E-state index contributed by atoms with van der Waals surface area (Å²) in [6.45, 7) is 5.55. The molecule has 0 aromatic carbocycles. The maximum Gasteiger partial charge on any atom is 0.239 e. The Kier molecular flexibility index (Phi) is 4.77.